The summed E-state index contributed by atoms with van der Waals surface area (Å²) >= 11 is 5.95. The first kappa shape index (κ1) is 16.4. The predicted molar refractivity (Wildman–Crippen MR) is 79.6 cm³/mol. The topological polar surface area (TPSA) is 41.5 Å². The molecule has 4 heteroatoms. The van der Waals surface area contributed by atoms with Gasteiger partial charge in [-0.05, 0) is 45.4 Å². The minimum Gasteiger partial charge on any atom is -0.389 e. The van der Waals surface area contributed by atoms with E-state index in [1.54, 1.807) is 0 Å². The van der Waals surface area contributed by atoms with Crippen molar-refractivity contribution in [1.29, 1.82) is 0 Å². The zero-order valence-electron chi connectivity index (χ0n) is 12.1. The van der Waals surface area contributed by atoms with E-state index in [9.17, 15) is 5.11 Å². The fraction of sp³-hybridized carbons (Fsp3) is 0.600. The minimum absolute atomic E-state index is 0.142. The van der Waals surface area contributed by atoms with Crippen molar-refractivity contribution in [3.8, 4) is 0 Å². The Labute approximate surface area is 120 Å². The van der Waals surface area contributed by atoms with Crippen LogP contribution in [-0.2, 0) is 4.74 Å². The second-order valence-electron chi connectivity index (χ2n) is 5.76. The summed E-state index contributed by atoms with van der Waals surface area (Å²) in [4.78, 5) is 0. The van der Waals surface area contributed by atoms with E-state index in [2.05, 4.69) is 5.32 Å². The van der Waals surface area contributed by atoms with Crippen LogP contribution < -0.4 is 5.32 Å². The first-order valence-corrected chi connectivity index (χ1v) is 6.96. The molecule has 2 atom stereocenters. The quantitative estimate of drug-likeness (QED) is 0.843. The number of aliphatic hydroxyl groups is 1. The van der Waals surface area contributed by atoms with Gasteiger partial charge in [0.2, 0.25) is 0 Å². The number of nitrogens with one attached hydrogen (secondary N) is 1. The number of aliphatic hydroxyl groups excluding tert-OH is 1. The van der Waals surface area contributed by atoms with Crippen LogP contribution in [0.5, 0.6) is 0 Å². The lowest BCUT2D eigenvalue weighted by atomic mass is 10.1. The summed E-state index contributed by atoms with van der Waals surface area (Å²) in [6.45, 7) is 8.79. The summed E-state index contributed by atoms with van der Waals surface area (Å²) in [7, 11) is 0. The van der Waals surface area contributed by atoms with Crippen LogP contribution in [0.3, 0.4) is 0 Å². The molecule has 1 aromatic rings. The molecule has 0 saturated heterocycles. The van der Waals surface area contributed by atoms with E-state index in [-0.39, 0.29) is 11.6 Å². The van der Waals surface area contributed by atoms with Crippen molar-refractivity contribution in [2.24, 2.45) is 0 Å². The average molecular weight is 286 g/mol. The van der Waals surface area contributed by atoms with E-state index < -0.39 is 6.10 Å². The largest absolute Gasteiger partial charge is 0.389 e. The molecule has 19 heavy (non-hydrogen) atoms. The van der Waals surface area contributed by atoms with Gasteiger partial charge in [0.25, 0.3) is 0 Å². The Bertz CT molecular complexity index is 390. The number of benzene rings is 1. The third-order valence-corrected chi connectivity index (χ3v) is 2.95. The van der Waals surface area contributed by atoms with Crippen molar-refractivity contribution in [3.05, 3.63) is 34.9 Å². The van der Waals surface area contributed by atoms with Gasteiger partial charge in [-0.2, -0.15) is 0 Å². The van der Waals surface area contributed by atoms with Gasteiger partial charge in [-0.3, -0.25) is 0 Å². The van der Waals surface area contributed by atoms with Crippen molar-refractivity contribution in [2.45, 2.75) is 45.4 Å². The van der Waals surface area contributed by atoms with Gasteiger partial charge in [-0.15, -0.1) is 0 Å². The molecule has 1 rings (SSSR count). The summed E-state index contributed by atoms with van der Waals surface area (Å²) in [5.41, 5.74) is 0.885. The maximum absolute atomic E-state index is 9.85. The second kappa shape index (κ2) is 7.25. The highest BCUT2D eigenvalue weighted by atomic mass is 35.5. The summed E-state index contributed by atoms with van der Waals surface area (Å²) in [5.74, 6) is 0. The number of rotatable bonds is 6. The Balaban J connectivity index is 2.36. The Kier molecular flexibility index (Phi) is 6.27. The number of hydrogen-bond acceptors (Lipinski definition) is 3. The van der Waals surface area contributed by atoms with Gasteiger partial charge < -0.3 is 15.2 Å². The highest BCUT2D eigenvalue weighted by Crippen LogP contribution is 2.17. The third kappa shape index (κ3) is 6.92. The lowest BCUT2D eigenvalue weighted by Crippen LogP contribution is -2.34. The highest BCUT2D eigenvalue weighted by molar-refractivity contribution is 6.30. The number of ether oxygens (including phenoxy) is 1. The Morgan fingerprint density at radius 1 is 1.37 bits per heavy atom. The van der Waals surface area contributed by atoms with Crippen LogP contribution in [0.2, 0.25) is 5.02 Å². The third-order valence-electron chi connectivity index (χ3n) is 2.72. The predicted octanol–water partition coefficient (Wildman–Crippen LogP) is 3.17. The Morgan fingerprint density at radius 2 is 2.05 bits per heavy atom. The first-order valence-electron chi connectivity index (χ1n) is 6.59. The molecule has 0 radical (unpaired) electrons. The lowest BCUT2D eigenvalue weighted by molar-refractivity contribution is -0.0482. The first-order chi connectivity index (χ1) is 8.78. The van der Waals surface area contributed by atoms with Crippen LogP contribution in [0, 0.1) is 0 Å². The van der Waals surface area contributed by atoms with Crippen LogP contribution in [0.15, 0.2) is 24.3 Å². The Morgan fingerprint density at radius 3 is 2.63 bits per heavy atom. The van der Waals surface area contributed by atoms with Gasteiger partial charge in [0.1, 0.15) is 0 Å². The van der Waals surface area contributed by atoms with E-state index in [1.165, 1.54) is 0 Å². The minimum atomic E-state index is -0.513. The molecule has 0 fully saturated rings. The van der Waals surface area contributed by atoms with E-state index in [1.807, 2.05) is 52.0 Å². The van der Waals surface area contributed by atoms with Crippen LogP contribution in [0.25, 0.3) is 0 Å². The monoisotopic (exact) mass is 285 g/mol. The molecular weight excluding hydrogens is 262 g/mol. The number of hydrogen-bond donors (Lipinski definition) is 2. The standard InChI is InChI=1S/C15H24ClNO2/c1-11(12-6-5-7-13(16)8-12)17-9-14(18)10-19-15(2,3)4/h5-8,11,14,17-18H,9-10H2,1-4H3/t11-,14?/m0/s1. The molecule has 108 valence electrons. The summed E-state index contributed by atoms with van der Waals surface area (Å²) < 4.78 is 5.54. The van der Waals surface area contributed by atoms with E-state index in [4.69, 9.17) is 16.3 Å². The van der Waals surface area contributed by atoms with Crippen LogP contribution in [0.1, 0.15) is 39.3 Å². The van der Waals surface area contributed by atoms with Gasteiger partial charge in [-0.25, -0.2) is 0 Å². The van der Waals surface area contributed by atoms with Crippen molar-refractivity contribution in [2.75, 3.05) is 13.2 Å². The SMILES string of the molecule is C[C@H](NCC(O)COC(C)(C)C)c1cccc(Cl)c1. The maximum atomic E-state index is 9.85. The van der Waals surface area contributed by atoms with Crippen LogP contribution >= 0.6 is 11.6 Å². The molecular formula is C15H24ClNO2. The van der Waals surface area contributed by atoms with E-state index in [0.717, 1.165) is 10.6 Å². The zero-order chi connectivity index (χ0) is 14.5. The Hall–Kier alpha value is -0.610. The summed E-state index contributed by atoms with van der Waals surface area (Å²) in [6.07, 6.45) is -0.513. The molecule has 0 bridgehead atoms. The smallest absolute Gasteiger partial charge is 0.0898 e. The number of halogens is 1. The van der Waals surface area contributed by atoms with Crippen molar-refractivity contribution in [3.63, 3.8) is 0 Å². The van der Waals surface area contributed by atoms with Crippen LogP contribution in [-0.4, -0.2) is 30.0 Å². The van der Waals surface area contributed by atoms with E-state index in [0.29, 0.717) is 13.2 Å². The van der Waals surface area contributed by atoms with Gasteiger partial charge in [0.05, 0.1) is 18.3 Å². The molecule has 0 amide bonds. The molecule has 0 aliphatic heterocycles. The molecule has 3 nitrogen and oxygen atoms in total. The van der Waals surface area contributed by atoms with Gasteiger partial charge in [0, 0.05) is 17.6 Å². The maximum Gasteiger partial charge on any atom is 0.0898 e. The molecule has 1 aromatic carbocycles. The summed E-state index contributed by atoms with van der Waals surface area (Å²) in [5, 5.41) is 13.8. The van der Waals surface area contributed by atoms with Gasteiger partial charge in [-0.1, -0.05) is 23.7 Å². The lowest BCUT2D eigenvalue weighted by Gasteiger charge is -2.23. The van der Waals surface area contributed by atoms with E-state index >= 15 is 0 Å². The average Bonchev–Trinajstić information content (AvgIpc) is 2.32. The van der Waals surface area contributed by atoms with Crippen molar-refractivity contribution in [1.82, 2.24) is 5.32 Å². The normalized spacial score (nSPS) is 15.3. The van der Waals surface area contributed by atoms with Gasteiger partial charge in [0.15, 0.2) is 0 Å². The molecule has 0 aromatic heterocycles. The van der Waals surface area contributed by atoms with Gasteiger partial charge >= 0.3 is 0 Å². The molecule has 0 aliphatic rings. The van der Waals surface area contributed by atoms with Crippen molar-refractivity contribution < 1.29 is 9.84 Å². The molecule has 2 N–H and O–H groups in total. The molecule has 0 heterocycles. The van der Waals surface area contributed by atoms with Crippen molar-refractivity contribution >= 4 is 11.6 Å². The fourth-order valence-electron chi connectivity index (χ4n) is 1.61. The second-order valence-corrected chi connectivity index (χ2v) is 6.20. The molecule has 0 aliphatic carbocycles. The molecule has 1 unspecified atom stereocenters. The highest BCUT2D eigenvalue weighted by Gasteiger charge is 2.14. The summed E-state index contributed by atoms with van der Waals surface area (Å²) in [6, 6.07) is 7.86. The van der Waals surface area contributed by atoms with Crippen LogP contribution in [0.4, 0.5) is 0 Å². The molecule has 0 saturated carbocycles. The zero-order valence-corrected chi connectivity index (χ0v) is 12.9. The molecule has 0 spiro atoms. The fourth-order valence-corrected chi connectivity index (χ4v) is 1.81.